The average molecular weight is 579 g/mol. The number of aryl methyl sites for hydroxylation is 2. The number of hydrogen-bond donors (Lipinski definition) is 1. The second-order valence-electron chi connectivity index (χ2n) is 12.1. The van der Waals surface area contributed by atoms with Crippen molar-refractivity contribution in [2.24, 2.45) is 29.1 Å². The van der Waals surface area contributed by atoms with E-state index in [0.29, 0.717) is 30.5 Å². The van der Waals surface area contributed by atoms with Crippen molar-refractivity contribution in [3.8, 4) is 5.75 Å². The molecule has 214 valence electrons. The van der Waals surface area contributed by atoms with E-state index in [0.717, 1.165) is 22.1 Å². The summed E-state index contributed by atoms with van der Waals surface area (Å²) in [4.78, 5) is 58.0. The van der Waals surface area contributed by atoms with Crippen molar-refractivity contribution < 1.29 is 28.7 Å². The molecule has 41 heavy (non-hydrogen) atoms. The van der Waals surface area contributed by atoms with Gasteiger partial charge in [-0.2, -0.15) is 0 Å². The Morgan fingerprint density at radius 2 is 1.71 bits per heavy atom. The highest BCUT2D eigenvalue weighted by Gasteiger charge is 2.67. The van der Waals surface area contributed by atoms with Crippen molar-refractivity contribution in [2.45, 2.75) is 52.9 Å². The van der Waals surface area contributed by atoms with E-state index in [9.17, 15) is 28.7 Å². The van der Waals surface area contributed by atoms with Crippen molar-refractivity contribution in [3.63, 3.8) is 0 Å². The molecule has 0 bridgehead atoms. The fourth-order valence-corrected chi connectivity index (χ4v) is 8.11. The smallest absolute Gasteiger partial charge is 0.241 e. The van der Waals surface area contributed by atoms with Gasteiger partial charge in [-0.15, -0.1) is 0 Å². The molecule has 7 nitrogen and oxygen atoms in total. The molecular weight excluding hydrogens is 547 g/mol. The first-order valence-electron chi connectivity index (χ1n) is 14.1. The predicted molar refractivity (Wildman–Crippen MR) is 151 cm³/mol. The Balaban J connectivity index is 1.53. The summed E-state index contributed by atoms with van der Waals surface area (Å²) in [5, 5.41) is 10.3. The van der Waals surface area contributed by atoms with E-state index in [4.69, 9.17) is 11.6 Å². The van der Waals surface area contributed by atoms with Crippen molar-refractivity contribution in [1.29, 1.82) is 0 Å². The molecule has 0 radical (unpaired) electrons. The number of phenolic OH excluding ortho intramolecular Hbond substituents is 1. The van der Waals surface area contributed by atoms with Gasteiger partial charge >= 0.3 is 0 Å². The lowest BCUT2D eigenvalue weighted by Crippen LogP contribution is -2.49. The maximum Gasteiger partial charge on any atom is 0.241 e. The second kappa shape index (κ2) is 9.51. The minimum atomic E-state index is -1.22. The number of allylic oxidation sites excluding steroid dienone is 2. The molecule has 2 aromatic carbocycles. The third kappa shape index (κ3) is 3.75. The Labute approximate surface area is 243 Å². The van der Waals surface area contributed by atoms with E-state index in [1.807, 2.05) is 25.1 Å². The quantitative estimate of drug-likeness (QED) is 0.385. The number of imide groups is 2. The first-order chi connectivity index (χ1) is 19.4. The zero-order valence-electron chi connectivity index (χ0n) is 23.4. The third-order valence-electron chi connectivity index (χ3n) is 9.82. The molecule has 6 atom stereocenters. The van der Waals surface area contributed by atoms with Crippen LogP contribution in [0.25, 0.3) is 0 Å². The van der Waals surface area contributed by atoms with Crippen LogP contribution in [0.3, 0.4) is 0 Å². The fraction of sp³-hybridized carbons (Fsp3) is 0.438. The molecule has 0 aromatic heterocycles. The lowest BCUT2D eigenvalue weighted by atomic mass is 9.51. The molecule has 2 heterocycles. The Morgan fingerprint density at radius 3 is 2.34 bits per heavy atom. The summed E-state index contributed by atoms with van der Waals surface area (Å²) in [7, 11) is 0. The van der Waals surface area contributed by atoms with Gasteiger partial charge in [0.25, 0.3) is 0 Å². The Morgan fingerprint density at radius 1 is 1.02 bits per heavy atom. The van der Waals surface area contributed by atoms with Gasteiger partial charge in [0, 0.05) is 12.5 Å². The molecule has 4 aliphatic rings. The summed E-state index contributed by atoms with van der Waals surface area (Å²) in [6.45, 7) is 7.63. The van der Waals surface area contributed by atoms with Crippen molar-refractivity contribution in [2.75, 3.05) is 11.4 Å². The highest BCUT2D eigenvalue weighted by Crippen LogP contribution is 2.63. The monoisotopic (exact) mass is 578 g/mol. The first-order valence-corrected chi connectivity index (χ1v) is 14.5. The topological polar surface area (TPSA) is 95.0 Å². The number of likely N-dealkylation sites (tertiary alicyclic amines) is 1. The first kappa shape index (κ1) is 27.6. The van der Waals surface area contributed by atoms with Gasteiger partial charge in [0.1, 0.15) is 11.6 Å². The number of amides is 4. The number of benzene rings is 2. The van der Waals surface area contributed by atoms with Gasteiger partial charge < -0.3 is 5.11 Å². The average Bonchev–Trinajstić information content (AvgIpc) is 3.28. The molecular formula is C32H32ClFN2O5. The van der Waals surface area contributed by atoms with E-state index in [1.54, 1.807) is 20.8 Å². The van der Waals surface area contributed by atoms with Crippen LogP contribution in [0.15, 0.2) is 42.0 Å². The van der Waals surface area contributed by atoms with Crippen molar-refractivity contribution in [1.82, 2.24) is 4.90 Å². The molecule has 0 unspecified atom stereocenters. The largest absolute Gasteiger partial charge is 0.507 e. The summed E-state index contributed by atoms with van der Waals surface area (Å²) < 4.78 is 14.0. The zero-order valence-corrected chi connectivity index (χ0v) is 24.2. The fourth-order valence-electron chi connectivity index (χ4n) is 7.93. The van der Waals surface area contributed by atoms with Crippen LogP contribution in [0, 0.1) is 48.8 Å². The van der Waals surface area contributed by atoms with Gasteiger partial charge in [0.05, 0.1) is 33.9 Å². The number of carbonyl (C=O) groups is 4. The molecule has 6 rings (SSSR count). The Hall–Kier alpha value is -3.52. The van der Waals surface area contributed by atoms with E-state index in [1.165, 1.54) is 17.0 Å². The van der Waals surface area contributed by atoms with Crippen LogP contribution >= 0.6 is 11.6 Å². The molecule has 2 aromatic rings. The van der Waals surface area contributed by atoms with E-state index < -0.39 is 52.6 Å². The van der Waals surface area contributed by atoms with Gasteiger partial charge in [0.15, 0.2) is 0 Å². The van der Waals surface area contributed by atoms with E-state index in [2.05, 4.69) is 0 Å². The number of carbonyl (C=O) groups excluding carboxylic acids is 4. The number of nitrogens with zero attached hydrogens (tertiary/aromatic N) is 2. The standard InChI is InChI=1S/C32H32ClFN2O5/c1-5-10-35-28(38)20-8-7-19-21(25(20)30(35)40)14-22-29(39)36(18-6-9-24(34)23(33)13-18)31(41)32(22,4)26(19)17-11-15(2)27(37)16(3)12-17/h6-7,9,11-13,20-22,25-26,37H,5,8,10,14H2,1-4H3/t20-,21+,22-,25-,26-,32+/m0/s1. The number of fused-ring (bicyclic) bond motifs is 4. The number of hydrogen-bond acceptors (Lipinski definition) is 5. The van der Waals surface area contributed by atoms with E-state index >= 15 is 0 Å². The molecule has 3 fully saturated rings. The highest BCUT2D eigenvalue weighted by molar-refractivity contribution is 6.31. The lowest BCUT2D eigenvalue weighted by Gasteiger charge is -2.49. The number of anilines is 1. The molecule has 2 saturated heterocycles. The normalized spacial score (nSPS) is 30.9. The number of rotatable bonds is 4. The van der Waals surface area contributed by atoms with Crippen LogP contribution in [0.2, 0.25) is 5.02 Å². The van der Waals surface area contributed by atoms with Gasteiger partial charge in [-0.1, -0.05) is 42.3 Å². The molecule has 2 aliphatic heterocycles. The Bertz CT molecular complexity index is 1550. The van der Waals surface area contributed by atoms with Crippen molar-refractivity contribution >= 4 is 40.9 Å². The minimum Gasteiger partial charge on any atom is -0.507 e. The number of aromatic hydroxyl groups is 1. The zero-order chi connectivity index (χ0) is 29.5. The second-order valence-corrected chi connectivity index (χ2v) is 12.5. The Kier molecular flexibility index (Phi) is 6.41. The molecule has 1 N–H and O–H groups in total. The maximum atomic E-state index is 14.4. The van der Waals surface area contributed by atoms with Crippen LogP contribution in [-0.4, -0.2) is 40.2 Å². The maximum absolute atomic E-state index is 14.4. The van der Waals surface area contributed by atoms with Gasteiger partial charge in [-0.25, -0.2) is 9.29 Å². The highest BCUT2D eigenvalue weighted by atomic mass is 35.5. The summed E-state index contributed by atoms with van der Waals surface area (Å²) in [6, 6.07) is 7.45. The summed E-state index contributed by atoms with van der Waals surface area (Å²) in [6.07, 6.45) is 3.28. The molecule has 4 amide bonds. The summed E-state index contributed by atoms with van der Waals surface area (Å²) >= 11 is 6.05. The SMILES string of the molecule is CCCN1C(=O)[C@H]2[C@H](CC=C3[C@H]2C[C@H]2C(=O)N(c4ccc(F)c(Cl)c4)C(=O)[C@@]2(C)[C@H]3c2cc(C)c(O)c(C)c2)C1=O. The number of phenols is 1. The third-order valence-corrected chi connectivity index (χ3v) is 10.1. The summed E-state index contributed by atoms with van der Waals surface area (Å²) in [5.74, 6) is -4.60. The summed E-state index contributed by atoms with van der Waals surface area (Å²) in [5.41, 5.74) is 1.89. The van der Waals surface area contributed by atoms with Crippen LogP contribution in [0.1, 0.15) is 55.7 Å². The molecule has 9 heteroatoms. The van der Waals surface area contributed by atoms with Gasteiger partial charge in [-0.3, -0.25) is 24.1 Å². The van der Waals surface area contributed by atoms with Crippen LogP contribution in [0.5, 0.6) is 5.75 Å². The van der Waals surface area contributed by atoms with Crippen LogP contribution in [0.4, 0.5) is 10.1 Å². The molecule has 0 spiro atoms. The van der Waals surface area contributed by atoms with Gasteiger partial charge in [-0.05, 0) is 80.8 Å². The molecule has 2 aliphatic carbocycles. The lowest BCUT2D eigenvalue weighted by molar-refractivity contribution is -0.140. The number of halogens is 2. The van der Waals surface area contributed by atoms with E-state index in [-0.39, 0.29) is 34.7 Å². The predicted octanol–water partition coefficient (Wildman–Crippen LogP) is 5.44. The van der Waals surface area contributed by atoms with Crippen LogP contribution in [-0.2, 0) is 19.2 Å². The van der Waals surface area contributed by atoms with Crippen LogP contribution < -0.4 is 4.90 Å². The van der Waals surface area contributed by atoms with Crippen molar-refractivity contribution in [3.05, 3.63) is 69.5 Å². The molecule has 1 saturated carbocycles. The minimum absolute atomic E-state index is 0.156. The van der Waals surface area contributed by atoms with Gasteiger partial charge in [0.2, 0.25) is 23.6 Å².